The maximum atomic E-state index is 5.41. The lowest BCUT2D eigenvalue weighted by molar-refractivity contribution is 0.424. The lowest BCUT2D eigenvalue weighted by Crippen LogP contribution is -2.36. The summed E-state index contributed by atoms with van der Waals surface area (Å²) in [6.45, 7) is 10.9. The molecule has 0 amide bonds. The van der Waals surface area contributed by atoms with Gasteiger partial charge < -0.3 is 10.2 Å². The van der Waals surface area contributed by atoms with Crippen molar-refractivity contribution in [3.63, 3.8) is 0 Å². The molecule has 0 spiro atoms. The van der Waals surface area contributed by atoms with Crippen LogP contribution in [0, 0.1) is 12.3 Å². The van der Waals surface area contributed by atoms with Crippen LogP contribution in [-0.4, -0.2) is 23.6 Å². The topological polar surface area (TPSA) is 28.2 Å². The fourth-order valence-corrected chi connectivity index (χ4v) is 1.70. The standard InChI is InChI=1S/C15H23N3/c1-6-10-18(7-2)14-8-9-16-11-13(14)12-17-15(3,4)5/h1,8-9,11,17H,7,10,12H2,2-5H3. The molecule has 0 bridgehead atoms. The van der Waals surface area contributed by atoms with E-state index in [1.165, 1.54) is 11.3 Å². The van der Waals surface area contributed by atoms with Crippen molar-refractivity contribution in [3.8, 4) is 12.3 Å². The van der Waals surface area contributed by atoms with Crippen molar-refractivity contribution in [2.24, 2.45) is 0 Å². The van der Waals surface area contributed by atoms with Crippen molar-refractivity contribution in [2.45, 2.75) is 39.8 Å². The van der Waals surface area contributed by atoms with Crippen LogP contribution in [0.2, 0.25) is 0 Å². The van der Waals surface area contributed by atoms with Gasteiger partial charge in [-0.15, -0.1) is 6.42 Å². The van der Waals surface area contributed by atoms with Gasteiger partial charge in [0.2, 0.25) is 0 Å². The Kier molecular flexibility index (Phi) is 5.18. The number of rotatable bonds is 5. The third-order valence-corrected chi connectivity index (χ3v) is 2.69. The van der Waals surface area contributed by atoms with E-state index < -0.39 is 0 Å². The van der Waals surface area contributed by atoms with Gasteiger partial charge in [-0.25, -0.2) is 0 Å². The van der Waals surface area contributed by atoms with Gasteiger partial charge in [0, 0.05) is 42.3 Å². The van der Waals surface area contributed by atoms with Gasteiger partial charge in [-0.05, 0) is 33.8 Å². The molecule has 1 rings (SSSR count). The number of nitrogens with one attached hydrogen (secondary N) is 1. The molecular weight excluding hydrogens is 222 g/mol. The SMILES string of the molecule is C#CCN(CC)c1ccncc1CNC(C)(C)C. The third-order valence-electron chi connectivity index (χ3n) is 2.69. The average Bonchev–Trinajstić information content (AvgIpc) is 2.33. The molecule has 0 saturated heterocycles. The normalized spacial score (nSPS) is 11.1. The Balaban J connectivity index is 2.88. The van der Waals surface area contributed by atoms with Gasteiger partial charge in [0.05, 0.1) is 6.54 Å². The van der Waals surface area contributed by atoms with Crippen LogP contribution in [0.4, 0.5) is 5.69 Å². The van der Waals surface area contributed by atoms with Gasteiger partial charge in [0.15, 0.2) is 0 Å². The molecule has 3 nitrogen and oxygen atoms in total. The molecule has 0 aliphatic rings. The Bertz CT molecular complexity index is 412. The first-order valence-electron chi connectivity index (χ1n) is 6.34. The quantitative estimate of drug-likeness (QED) is 0.808. The molecule has 0 aliphatic carbocycles. The highest BCUT2D eigenvalue weighted by atomic mass is 15.1. The van der Waals surface area contributed by atoms with Gasteiger partial charge in [-0.3, -0.25) is 4.98 Å². The minimum atomic E-state index is 0.0935. The fraction of sp³-hybridized carbons (Fsp3) is 0.533. The first kappa shape index (κ1) is 14.5. The maximum Gasteiger partial charge on any atom is 0.0791 e. The van der Waals surface area contributed by atoms with Crippen molar-refractivity contribution in [1.82, 2.24) is 10.3 Å². The monoisotopic (exact) mass is 245 g/mol. The van der Waals surface area contributed by atoms with Gasteiger partial charge in [0.25, 0.3) is 0 Å². The van der Waals surface area contributed by atoms with E-state index in [0.29, 0.717) is 6.54 Å². The van der Waals surface area contributed by atoms with Crippen LogP contribution in [0.3, 0.4) is 0 Å². The highest BCUT2D eigenvalue weighted by Gasteiger charge is 2.12. The minimum absolute atomic E-state index is 0.0935. The molecule has 0 aliphatic heterocycles. The Morgan fingerprint density at radius 1 is 1.44 bits per heavy atom. The molecule has 1 aromatic heterocycles. The highest BCUT2D eigenvalue weighted by molar-refractivity contribution is 5.53. The second kappa shape index (κ2) is 6.42. The predicted molar refractivity (Wildman–Crippen MR) is 77.5 cm³/mol. The molecule has 98 valence electrons. The van der Waals surface area contributed by atoms with Gasteiger partial charge in [-0.2, -0.15) is 0 Å². The Morgan fingerprint density at radius 2 is 2.17 bits per heavy atom. The number of terminal acetylenes is 1. The van der Waals surface area contributed by atoms with Crippen molar-refractivity contribution >= 4 is 5.69 Å². The number of aromatic nitrogens is 1. The van der Waals surface area contributed by atoms with E-state index in [-0.39, 0.29) is 5.54 Å². The zero-order valence-electron chi connectivity index (χ0n) is 11.8. The highest BCUT2D eigenvalue weighted by Crippen LogP contribution is 2.19. The van der Waals surface area contributed by atoms with Crippen LogP contribution in [-0.2, 0) is 6.54 Å². The summed E-state index contributed by atoms with van der Waals surface area (Å²) in [4.78, 5) is 6.39. The zero-order chi connectivity index (χ0) is 13.6. The zero-order valence-corrected chi connectivity index (χ0v) is 11.8. The van der Waals surface area contributed by atoms with Crippen LogP contribution in [0.1, 0.15) is 33.3 Å². The van der Waals surface area contributed by atoms with E-state index in [2.05, 4.69) is 48.8 Å². The van der Waals surface area contributed by atoms with Gasteiger partial charge in [-0.1, -0.05) is 5.92 Å². The number of hydrogen-bond acceptors (Lipinski definition) is 3. The number of nitrogens with zero attached hydrogens (tertiary/aromatic N) is 2. The molecule has 0 fully saturated rings. The molecule has 0 saturated carbocycles. The number of pyridine rings is 1. The summed E-state index contributed by atoms with van der Waals surface area (Å²) in [6.07, 6.45) is 9.14. The molecule has 0 unspecified atom stereocenters. The summed E-state index contributed by atoms with van der Waals surface area (Å²) in [6, 6.07) is 2.03. The van der Waals surface area contributed by atoms with E-state index in [1.54, 1.807) is 0 Å². The second-order valence-electron chi connectivity index (χ2n) is 5.33. The molecule has 1 heterocycles. The van der Waals surface area contributed by atoms with E-state index in [9.17, 15) is 0 Å². The Morgan fingerprint density at radius 3 is 2.72 bits per heavy atom. The predicted octanol–water partition coefficient (Wildman–Crippen LogP) is 2.43. The average molecular weight is 245 g/mol. The molecule has 1 aromatic rings. The van der Waals surface area contributed by atoms with Crippen molar-refractivity contribution in [2.75, 3.05) is 18.0 Å². The summed E-state index contributed by atoms with van der Waals surface area (Å²) in [7, 11) is 0. The van der Waals surface area contributed by atoms with E-state index >= 15 is 0 Å². The molecule has 0 radical (unpaired) electrons. The summed E-state index contributed by atoms with van der Waals surface area (Å²) in [5, 5.41) is 3.48. The second-order valence-corrected chi connectivity index (χ2v) is 5.33. The third kappa shape index (κ3) is 4.38. The fourth-order valence-electron chi connectivity index (χ4n) is 1.70. The van der Waals surface area contributed by atoms with E-state index in [4.69, 9.17) is 6.42 Å². The van der Waals surface area contributed by atoms with Crippen LogP contribution in [0.15, 0.2) is 18.5 Å². The lowest BCUT2D eigenvalue weighted by atomic mass is 10.1. The van der Waals surface area contributed by atoms with Crippen LogP contribution >= 0.6 is 0 Å². The molecule has 18 heavy (non-hydrogen) atoms. The largest absolute Gasteiger partial charge is 0.360 e. The van der Waals surface area contributed by atoms with Gasteiger partial charge in [0.1, 0.15) is 0 Å². The molecule has 3 heteroatoms. The van der Waals surface area contributed by atoms with E-state index in [0.717, 1.165) is 13.1 Å². The Hall–Kier alpha value is -1.53. The van der Waals surface area contributed by atoms with Gasteiger partial charge >= 0.3 is 0 Å². The summed E-state index contributed by atoms with van der Waals surface area (Å²) < 4.78 is 0. The van der Waals surface area contributed by atoms with Crippen LogP contribution in [0.25, 0.3) is 0 Å². The van der Waals surface area contributed by atoms with Crippen molar-refractivity contribution in [1.29, 1.82) is 0 Å². The smallest absolute Gasteiger partial charge is 0.0791 e. The molecular formula is C15H23N3. The Labute approximate surface area is 111 Å². The number of anilines is 1. The van der Waals surface area contributed by atoms with Crippen LogP contribution < -0.4 is 10.2 Å². The summed E-state index contributed by atoms with van der Waals surface area (Å²) in [5.74, 6) is 2.70. The first-order valence-corrected chi connectivity index (χ1v) is 6.34. The maximum absolute atomic E-state index is 5.41. The summed E-state index contributed by atoms with van der Waals surface area (Å²) >= 11 is 0. The van der Waals surface area contributed by atoms with E-state index in [1.807, 2.05) is 18.5 Å². The molecule has 1 N–H and O–H groups in total. The molecule has 0 atom stereocenters. The first-order chi connectivity index (χ1) is 8.48. The lowest BCUT2D eigenvalue weighted by Gasteiger charge is -2.26. The van der Waals surface area contributed by atoms with Crippen LogP contribution in [0.5, 0.6) is 0 Å². The number of hydrogen-bond donors (Lipinski definition) is 1. The molecule has 0 aromatic carbocycles. The van der Waals surface area contributed by atoms with Crippen molar-refractivity contribution < 1.29 is 0 Å². The van der Waals surface area contributed by atoms with Crippen molar-refractivity contribution in [3.05, 3.63) is 24.0 Å². The minimum Gasteiger partial charge on any atom is -0.360 e. The summed E-state index contributed by atoms with van der Waals surface area (Å²) in [5.41, 5.74) is 2.45.